The molecule has 0 unspecified atom stereocenters. The molecule has 1 aliphatic heterocycles. The van der Waals surface area contributed by atoms with Crippen molar-refractivity contribution in [2.75, 3.05) is 44.6 Å². The molecule has 1 aliphatic rings. The lowest BCUT2D eigenvalue weighted by atomic mass is 10.2. The van der Waals surface area contributed by atoms with E-state index in [0.717, 1.165) is 43.7 Å². The van der Waals surface area contributed by atoms with E-state index in [2.05, 4.69) is 56.6 Å². The largest absolute Gasteiger partial charge is 0.383 e. The van der Waals surface area contributed by atoms with Crippen molar-refractivity contribution < 1.29 is 0 Å². The lowest BCUT2D eigenvalue weighted by molar-refractivity contribution is 0.249. The van der Waals surface area contributed by atoms with Crippen molar-refractivity contribution in [3.05, 3.63) is 28.2 Å². The fourth-order valence-corrected chi connectivity index (χ4v) is 2.68. The van der Waals surface area contributed by atoms with Crippen molar-refractivity contribution in [3.63, 3.8) is 0 Å². The van der Waals surface area contributed by atoms with E-state index in [1.54, 1.807) is 0 Å². The van der Waals surface area contributed by atoms with Gasteiger partial charge < -0.3 is 10.6 Å². The molecule has 1 aromatic carbocycles. The Morgan fingerprint density at radius 2 is 2.12 bits per heavy atom. The first kappa shape index (κ1) is 12.9. The summed E-state index contributed by atoms with van der Waals surface area (Å²) in [6, 6.07) is 6.42. The topological polar surface area (TPSA) is 27.3 Å². The molecule has 0 atom stereocenters. The third-order valence-electron chi connectivity index (χ3n) is 3.08. The van der Waals surface area contributed by atoms with E-state index in [-0.39, 0.29) is 0 Å². The van der Waals surface area contributed by atoms with Gasteiger partial charge in [0.2, 0.25) is 0 Å². The van der Waals surface area contributed by atoms with E-state index in [4.69, 9.17) is 0 Å². The molecule has 0 bridgehead atoms. The van der Waals surface area contributed by atoms with Crippen LogP contribution in [0.4, 0.5) is 5.69 Å². The molecule has 0 aromatic heterocycles. The number of piperazine rings is 1. The Balaban J connectivity index is 1.77. The summed E-state index contributed by atoms with van der Waals surface area (Å²) in [6.07, 6.45) is 0. The molecule has 2 rings (SSSR count). The Hall–Kier alpha value is -0.580. The second kappa shape index (κ2) is 6.38. The lowest BCUT2D eigenvalue weighted by Gasteiger charge is -2.27. The first-order valence-corrected chi connectivity index (χ1v) is 6.98. The zero-order chi connectivity index (χ0) is 12.1. The van der Waals surface area contributed by atoms with Crippen LogP contribution in [-0.2, 0) is 0 Å². The molecule has 3 nitrogen and oxygen atoms in total. The van der Waals surface area contributed by atoms with Crippen LogP contribution in [0.2, 0.25) is 0 Å². The van der Waals surface area contributed by atoms with Crippen molar-refractivity contribution in [1.29, 1.82) is 0 Å². The molecule has 94 valence electrons. The number of nitrogens with zero attached hydrogens (tertiary/aromatic N) is 1. The van der Waals surface area contributed by atoms with Crippen LogP contribution in [0.1, 0.15) is 5.56 Å². The Morgan fingerprint density at radius 1 is 1.35 bits per heavy atom. The highest BCUT2D eigenvalue weighted by atomic mass is 79.9. The fraction of sp³-hybridized carbons (Fsp3) is 0.538. The van der Waals surface area contributed by atoms with E-state index in [1.807, 2.05) is 0 Å². The highest BCUT2D eigenvalue weighted by Crippen LogP contribution is 2.22. The third-order valence-corrected chi connectivity index (χ3v) is 3.73. The number of halogens is 1. The first-order chi connectivity index (χ1) is 8.25. The summed E-state index contributed by atoms with van der Waals surface area (Å²) in [6.45, 7) is 8.79. The van der Waals surface area contributed by atoms with Gasteiger partial charge in [-0.15, -0.1) is 0 Å². The maximum absolute atomic E-state index is 3.59. The van der Waals surface area contributed by atoms with Crippen molar-refractivity contribution in [2.24, 2.45) is 0 Å². The fourth-order valence-electron chi connectivity index (χ4n) is 2.05. The van der Waals surface area contributed by atoms with Crippen LogP contribution in [0.15, 0.2) is 22.7 Å². The maximum Gasteiger partial charge on any atom is 0.0485 e. The van der Waals surface area contributed by atoms with Crippen LogP contribution in [0.25, 0.3) is 0 Å². The number of nitrogens with one attached hydrogen (secondary N) is 2. The van der Waals surface area contributed by atoms with Gasteiger partial charge in [0, 0.05) is 49.4 Å². The second-order valence-electron chi connectivity index (χ2n) is 4.50. The quantitative estimate of drug-likeness (QED) is 0.891. The van der Waals surface area contributed by atoms with Gasteiger partial charge in [-0.1, -0.05) is 6.07 Å². The van der Waals surface area contributed by atoms with Crippen LogP contribution in [0.3, 0.4) is 0 Å². The second-order valence-corrected chi connectivity index (χ2v) is 5.36. The van der Waals surface area contributed by atoms with E-state index in [9.17, 15) is 0 Å². The lowest BCUT2D eigenvalue weighted by Crippen LogP contribution is -2.45. The molecule has 1 fully saturated rings. The van der Waals surface area contributed by atoms with Crippen LogP contribution < -0.4 is 10.6 Å². The molecule has 2 N–H and O–H groups in total. The van der Waals surface area contributed by atoms with Crippen molar-refractivity contribution >= 4 is 21.6 Å². The minimum Gasteiger partial charge on any atom is -0.383 e. The number of benzene rings is 1. The molecule has 0 radical (unpaired) electrons. The normalized spacial score (nSPS) is 17.1. The Morgan fingerprint density at radius 3 is 2.82 bits per heavy atom. The number of rotatable bonds is 4. The van der Waals surface area contributed by atoms with Crippen LogP contribution >= 0.6 is 15.9 Å². The third kappa shape index (κ3) is 3.98. The molecule has 17 heavy (non-hydrogen) atoms. The van der Waals surface area contributed by atoms with Crippen molar-refractivity contribution in [3.8, 4) is 0 Å². The smallest absolute Gasteiger partial charge is 0.0485 e. The summed E-state index contributed by atoms with van der Waals surface area (Å²) in [4.78, 5) is 2.49. The molecule has 0 saturated carbocycles. The van der Waals surface area contributed by atoms with Gasteiger partial charge in [0.1, 0.15) is 0 Å². The highest BCUT2D eigenvalue weighted by Gasteiger charge is 2.08. The van der Waals surface area contributed by atoms with Crippen LogP contribution in [0, 0.1) is 6.92 Å². The Bertz CT molecular complexity index is 362. The summed E-state index contributed by atoms with van der Waals surface area (Å²) in [5.41, 5.74) is 2.47. The molecule has 1 saturated heterocycles. The number of hydrogen-bond donors (Lipinski definition) is 2. The van der Waals surface area contributed by atoms with Gasteiger partial charge in [-0.25, -0.2) is 0 Å². The van der Waals surface area contributed by atoms with E-state index < -0.39 is 0 Å². The van der Waals surface area contributed by atoms with E-state index >= 15 is 0 Å². The highest BCUT2D eigenvalue weighted by molar-refractivity contribution is 9.10. The van der Waals surface area contributed by atoms with Gasteiger partial charge in [-0.3, -0.25) is 4.90 Å². The molecule has 4 heteroatoms. The maximum atomic E-state index is 3.59. The van der Waals surface area contributed by atoms with Gasteiger partial charge in [-0.2, -0.15) is 0 Å². The average Bonchev–Trinajstić information content (AvgIpc) is 2.33. The van der Waals surface area contributed by atoms with Gasteiger partial charge >= 0.3 is 0 Å². The predicted octanol–water partition coefficient (Wildman–Crippen LogP) is 2.07. The molecular formula is C13H20BrN3. The van der Waals surface area contributed by atoms with Crippen molar-refractivity contribution in [1.82, 2.24) is 10.2 Å². The summed E-state index contributed by atoms with van der Waals surface area (Å²) in [7, 11) is 0. The molecule has 0 spiro atoms. The Kier molecular flexibility index (Phi) is 4.83. The van der Waals surface area contributed by atoms with Gasteiger partial charge in [0.15, 0.2) is 0 Å². The predicted molar refractivity (Wildman–Crippen MR) is 76.7 cm³/mol. The van der Waals surface area contributed by atoms with Gasteiger partial charge in [0.25, 0.3) is 0 Å². The van der Waals surface area contributed by atoms with Gasteiger partial charge in [-0.05, 0) is 40.5 Å². The molecule has 1 aromatic rings. The van der Waals surface area contributed by atoms with Crippen LogP contribution in [0.5, 0.6) is 0 Å². The minimum atomic E-state index is 1.00. The molecule has 0 amide bonds. The monoisotopic (exact) mass is 297 g/mol. The summed E-state index contributed by atoms with van der Waals surface area (Å²) < 4.78 is 1.15. The van der Waals surface area contributed by atoms with Gasteiger partial charge in [0.05, 0.1) is 0 Å². The SMILES string of the molecule is Cc1ccc(NCCN2CCNCC2)c(Br)c1. The molecule has 1 heterocycles. The van der Waals surface area contributed by atoms with E-state index in [1.165, 1.54) is 11.3 Å². The zero-order valence-corrected chi connectivity index (χ0v) is 11.9. The van der Waals surface area contributed by atoms with E-state index in [0.29, 0.717) is 0 Å². The summed E-state index contributed by atoms with van der Waals surface area (Å²) in [5, 5.41) is 6.85. The standard InChI is InChI=1S/C13H20BrN3/c1-11-2-3-13(12(14)10-11)16-6-9-17-7-4-15-5-8-17/h2-3,10,15-16H,4-9H2,1H3. The minimum absolute atomic E-state index is 1.00. The number of hydrogen-bond acceptors (Lipinski definition) is 3. The molecular weight excluding hydrogens is 278 g/mol. The summed E-state index contributed by atoms with van der Waals surface area (Å²) in [5.74, 6) is 0. The first-order valence-electron chi connectivity index (χ1n) is 6.19. The zero-order valence-electron chi connectivity index (χ0n) is 10.3. The van der Waals surface area contributed by atoms with Crippen LogP contribution in [-0.4, -0.2) is 44.2 Å². The molecule has 0 aliphatic carbocycles. The number of aryl methyl sites for hydroxylation is 1. The average molecular weight is 298 g/mol. The number of anilines is 1. The summed E-state index contributed by atoms with van der Waals surface area (Å²) >= 11 is 3.59. The van der Waals surface area contributed by atoms with Crippen molar-refractivity contribution in [2.45, 2.75) is 6.92 Å². The Labute approximate surface area is 112 Å².